The van der Waals surface area contributed by atoms with Crippen molar-refractivity contribution >= 4 is 11.5 Å². The van der Waals surface area contributed by atoms with Crippen molar-refractivity contribution in [3.63, 3.8) is 0 Å². The fourth-order valence-corrected chi connectivity index (χ4v) is 2.40. The Labute approximate surface area is 124 Å². The molecule has 0 amide bonds. The number of rotatable bonds is 2. The largest absolute Gasteiger partial charge is 0.468 e. The Morgan fingerprint density at radius 3 is 2.48 bits per heavy atom. The smallest absolute Gasteiger partial charge is 0.187 e. The quantitative estimate of drug-likeness (QED) is 0.674. The highest BCUT2D eigenvalue weighted by atomic mass is 16.5. The van der Waals surface area contributed by atoms with Gasteiger partial charge in [0.1, 0.15) is 5.75 Å². The van der Waals surface area contributed by atoms with Gasteiger partial charge in [0.2, 0.25) is 0 Å². The number of carbonyl (C=O) groups excluding carboxylic acids is 1. The van der Waals surface area contributed by atoms with Crippen LogP contribution < -0.4 is 10.1 Å². The zero-order chi connectivity index (χ0) is 14.9. The number of hydrogen-bond donors (Lipinski definition) is 1. The second-order valence-electron chi connectivity index (χ2n) is 5.52. The van der Waals surface area contributed by atoms with Gasteiger partial charge in [-0.05, 0) is 26.0 Å². The van der Waals surface area contributed by atoms with Gasteiger partial charge in [0.25, 0.3) is 0 Å². The van der Waals surface area contributed by atoms with Gasteiger partial charge in [0, 0.05) is 17.2 Å². The zero-order valence-electron chi connectivity index (χ0n) is 12.1. The number of fused-ring (bicyclic) bond motifs is 1. The molecule has 0 aromatic heterocycles. The molecule has 21 heavy (non-hydrogen) atoms. The lowest BCUT2D eigenvalue weighted by Gasteiger charge is -2.36. The fraction of sp³-hybridized carbons (Fsp3) is 0.167. The molecule has 3 nitrogen and oxygen atoms in total. The van der Waals surface area contributed by atoms with Crippen molar-refractivity contribution in [1.82, 2.24) is 5.32 Å². The first kappa shape index (κ1) is 13.4. The van der Waals surface area contributed by atoms with Gasteiger partial charge in [-0.3, -0.25) is 4.79 Å². The minimum atomic E-state index is -0.544. The summed E-state index contributed by atoms with van der Waals surface area (Å²) in [6.07, 6.45) is 1.64. The van der Waals surface area contributed by atoms with E-state index >= 15 is 0 Å². The summed E-state index contributed by atoms with van der Waals surface area (Å²) in [4.78, 5) is 12.4. The van der Waals surface area contributed by atoms with E-state index in [2.05, 4.69) is 5.32 Å². The minimum absolute atomic E-state index is 0.0226. The van der Waals surface area contributed by atoms with E-state index < -0.39 is 5.72 Å². The maximum Gasteiger partial charge on any atom is 0.187 e. The second-order valence-corrected chi connectivity index (χ2v) is 5.52. The Morgan fingerprint density at radius 1 is 1.05 bits per heavy atom. The summed E-state index contributed by atoms with van der Waals surface area (Å²) < 4.78 is 5.87. The molecular weight excluding hydrogens is 262 g/mol. The van der Waals surface area contributed by atoms with Crippen LogP contribution in [-0.2, 0) is 0 Å². The van der Waals surface area contributed by atoms with Crippen molar-refractivity contribution in [2.24, 2.45) is 0 Å². The first-order valence-electron chi connectivity index (χ1n) is 6.93. The summed E-state index contributed by atoms with van der Waals surface area (Å²) in [5, 5.41) is 3.27. The average molecular weight is 279 g/mol. The monoisotopic (exact) mass is 279 g/mol. The molecule has 1 aliphatic rings. The number of allylic oxidation sites excluding steroid dienone is 1. The summed E-state index contributed by atoms with van der Waals surface area (Å²) in [5.74, 6) is 0.763. The van der Waals surface area contributed by atoms with E-state index in [0.29, 0.717) is 5.56 Å². The minimum Gasteiger partial charge on any atom is -0.468 e. The van der Waals surface area contributed by atoms with E-state index in [1.807, 2.05) is 68.4 Å². The van der Waals surface area contributed by atoms with E-state index in [1.165, 1.54) is 0 Å². The van der Waals surface area contributed by atoms with E-state index in [1.54, 1.807) is 6.08 Å². The van der Waals surface area contributed by atoms with Gasteiger partial charge in [-0.25, -0.2) is 0 Å². The van der Waals surface area contributed by atoms with Crippen LogP contribution in [0.4, 0.5) is 0 Å². The highest BCUT2D eigenvalue weighted by Gasteiger charge is 2.28. The third kappa shape index (κ3) is 2.82. The molecule has 0 spiro atoms. The summed E-state index contributed by atoms with van der Waals surface area (Å²) in [7, 11) is 0. The van der Waals surface area contributed by atoms with Crippen molar-refractivity contribution in [3.05, 3.63) is 71.8 Å². The van der Waals surface area contributed by atoms with Gasteiger partial charge in [0.15, 0.2) is 11.5 Å². The van der Waals surface area contributed by atoms with Crippen LogP contribution in [0.3, 0.4) is 0 Å². The highest BCUT2D eigenvalue weighted by Crippen LogP contribution is 2.33. The number of ether oxygens (including phenoxy) is 1. The Balaban J connectivity index is 2.01. The predicted molar refractivity (Wildman–Crippen MR) is 83.0 cm³/mol. The molecule has 0 bridgehead atoms. The van der Waals surface area contributed by atoms with Gasteiger partial charge in [-0.15, -0.1) is 0 Å². The molecule has 2 aromatic carbocycles. The molecule has 0 saturated heterocycles. The van der Waals surface area contributed by atoms with Gasteiger partial charge in [-0.1, -0.05) is 42.5 Å². The fourth-order valence-electron chi connectivity index (χ4n) is 2.40. The van der Waals surface area contributed by atoms with Crippen molar-refractivity contribution in [3.8, 4) is 5.75 Å². The van der Waals surface area contributed by atoms with Crippen molar-refractivity contribution in [2.45, 2.75) is 19.6 Å². The lowest BCUT2D eigenvalue weighted by Crippen LogP contribution is -2.46. The van der Waals surface area contributed by atoms with Gasteiger partial charge in [-0.2, -0.15) is 0 Å². The molecule has 0 radical (unpaired) electrons. The normalized spacial score (nSPS) is 17.5. The van der Waals surface area contributed by atoms with E-state index in [4.69, 9.17) is 4.74 Å². The maximum absolute atomic E-state index is 12.4. The first-order chi connectivity index (χ1) is 10.1. The number of ketones is 1. The molecule has 1 heterocycles. The molecule has 2 aromatic rings. The van der Waals surface area contributed by atoms with E-state index in [0.717, 1.165) is 17.0 Å². The van der Waals surface area contributed by atoms with Crippen molar-refractivity contribution in [2.75, 3.05) is 0 Å². The Morgan fingerprint density at radius 2 is 1.71 bits per heavy atom. The molecule has 0 aliphatic carbocycles. The lowest BCUT2D eigenvalue weighted by molar-refractivity contribution is 0.0816. The molecule has 106 valence electrons. The molecule has 3 heteroatoms. The summed E-state index contributed by atoms with van der Waals surface area (Å²) in [6, 6.07) is 17.0. The maximum atomic E-state index is 12.4. The Kier molecular flexibility index (Phi) is 3.26. The summed E-state index contributed by atoms with van der Waals surface area (Å²) >= 11 is 0. The molecule has 3 rings (SSSR count). The molecular formula is C18H17NO2. The summed E-state index contributed by atoms with van der Waals surface area (Å²) in [6.45, 7) is 3.87. The third-order valence-corrected chi connectivity index (χ3v) is 3.31. The van der Waals surface area contributed by atoms with Crippen LogP contribution in [-0.4, -0.2) is 11.5 Å². The second kappa shape index (κ2) is 5.09. The van der Waals surface area contributed by atoms with Gasteiger partial charge >= 0.3 is 0 Å². The highest BCUT2D eigenvalue weighted by molar-refractivity contribution is 6.08. The molecule has 1 N–H and O–H groups in total. The molecule has 0 saturated carbocycles. The molecule has 0 fully saturated rings. The SMILES string of the molecule is CC1(C)N/C(=C\C(=O)c2ccccc2)c2ccccc2O1. The molecule has 1 aliphatic heterocycles. The third-order valence-electron chi connectivity index (χ3n) is 3.31. The molecule has 0 atom stereocenters. The van der Waals surface area contributed by atoms with Crippen LogP contribution in [0.25, 0.3) is 5.70 Å². The van der Waals surface area contributed by atoms with Crippen LogP contribution in [0.2, 0.25) is 0 Å². The predicted octanol–water partition coefficient (Wildman–Crippen LogP) is 3.63. The number of carbonyl (C=O) groups is 1. The topological polar surface area (TPSA) is 38.3 Å². The van der Waals surface area contributed by atoms with Crippen molar-refractivity contribution < 1.29 is 9.53 Å². The average Bonchev–Trinajstić information content (AvgIpc) is 2.47. The van der Waals surface area contributed by atoms with E-state index in [9.17, 15) is 4.79 Å². The Bertz CT molecular complexity index is 702. The van der Waals surface area contributed by atoms with Crippen LogP contribution >= 0.6 is 0 Å². The number of para-hydroxylation sites is 1. The standard InChI is InChI=1S/C18H17NO2/c1-18(2)19-15(14-10-6-7-11-17(14)21-18)12-16(20)13-8-4-3-5-9-13/h3-12,19H,1-2H3/b15-12-. The molecule has 0 unspecified atom stereocenters. The first-order valence-corrected chi connectivity index (χ1v) is 6.93. The lowest BCUT2D eigenvalue weighted by atomic mass is 10.0. The number of benzene rings is 2. The van der Waals surface area contributed by atoms with Crippen LogP contribution in [0.5, 0.6) is 5.75 Å². The van der Waals surface area contributed by atoms with Crippen LogP contribution in [0.1, 0.15) is 29.8 Å². The Hall–Kier alpha value is -2.55. The number of nitrogens with one attached hydrogen (secondary N) is 1. The van der Waals surface area contributed by atoms with Gasteiger partial charge < -0.3 is 10.1 Å². The van der Waals surface area contributed by atoms with Gasteiger partial charge in [0.05, 0.1) is 5.70 Å². The van der Waals surface area contributed by atoms with Crippen LogP contribution in [0.15, 0.2) is 60.7 Å². The zero-order valence-corrected chi connectivity index (χ0v) is 12.1. The number of hydrogen-bond acceptors (Lipinski definition) is 3. The van der Waals surface area contributed by atoms with Crippen LogP contribution in [0, 0.1) is 0 Å². The summed E-state index contributed by atoms with van der Waals surface area (Å²) in [5.41, 5.74) is 1.82. The van der Waals surface area contributed by atoms with E-state index in [-0.39, 0.29) is 5.78 Å². The van der Waals surface area contributed by atoms with Crippen molar-refractivity contribution in [1.29, 1.82) is 0 Å².